The number of halogens is 2. The Labute approximate surface area is 132 Å². The molecule has 116 valence electrons. The molecule has 0 heterocycles. The molecular weight excluding hydrogens is 319 g/mol. The minimum Gasteiger partial charge on any atom is -0.403 e. The second-order valence-electron chi connectivity index (χ2n) is 4.56. The lowest BCUT2D eigenvalue weighted by atomic mass is 10.3. The van der Waals surface area contributed by atoms with Crippen LogP contribution in [0.4, 0.5) is 10.5 Å². The van der Waals surface area contributed by atoms with Crippen molar-refractivity contribution in [2.45, 2.75) is 24.6 Å². The summed E-state index contributed by atoms with van der Waals surface area (Å²) in [6.45, 7) is 3.92. The van der Waals surface area contributed by atoms with Crippen molar-refractivity contribution in [3.05, 3.63) is 34.4 Å². The second-order valence-corrected chi connectivity index (χ2v) is 6.05. The number of carbonyl (C=O) groups excluding carboxylic acids is 1. The van der Waals surface area contributed by atoms with Gasteiger partial charge in [-0.05, 0) is 19.9 Å². The van der Waals surface area contributed by atoms with Crippen molar-refractivity contribution in [1.29, 1.82) is 0 Å². The van der Waals surface area contributed by atoms with Crippen molar-refractivity contribution in [2.24, 2.45) is 0 Å². The standard InChI is InChI=1S/C13H16Cl2N2O4/c1-9(14)7-16(8-10(2)15)13(18)21-12-6-4-3-5-11(12)17(19)20/h3-6,9-10H,7-8H2,1-2H3/t9-,10-/m1/s1. The molecule has 0 aromatic heterocycles. The number of amides is 1. The van der Waals surface area contributed by atoms with Crippen LogP contribution in [0.25, 0.3) is 0 Å². The molecule has 0 aliphatic carbocycles. The second kappa shape index (κ2) is 8.05. The van der Waals surface area contributed by atoms with E-state index in [0.717, 1.165) is 0 Å². The van der Waals surface area contributed by atoms with Gasteiger partial charge in [0.05, 0.1) is 4.92 Å². The Morgan fingerprint density at radius 2 is 1.81 bits per heavy atom. The van der Waals surface area contributed by atoms with Crippen molar-refractivity contribution in [3.8, 4) is 5.75 Å². The molecule has 0 spiro atoms. The van der Waals surface area contributed by atoms with Crippen LogP contribution < -0.4 is 4.74 Å². The van der Waals surface area contributed by atoms with Crippen molar-refractivity contribution >= 4 is 35.0 Å². The fourth-order valence-corrected chi connectivity index (χ4v) is 2.02. The summed E-state index contributed by atoms with van der Waals surface area (Å²) < 4.78 is 5.10. The summed E-state index contributed by atoms with van der Waals surface area (Å²) in [4.78, 5) is 23.7. The molecular formula is C13H16Cl2N2O4. The number of hydrogen-bond donors (Lipinski definition) is 0. The van der Waals surface area contributed by atoms with Gasteiger partial charge >= 0.3 is 11.8 Å². The first kappa shape index (κ1) is 17.5. The van der Waals surface area contributed by atoms with E-state index in [2.05, 4.69) is 0 Å². The predicted octanol–water partition coefficient (Wildman–Crippen LogP) is 3.65. The average Bonchev–Trinajstić information content (AvgIpc) is 2.37. The summed E-state index contributed by atoms with van der Waals surface area (Å²) in [5.74, 6) is -0.109. The highest BCUT2D eigenvalue weighted by Crippen LogP contribution is 2.26. The van der Waals surface area contributed by atoms with E-state index < -0.39 is 11.0 Å². The number of alkyl halides is 2. The predicted molar refractivity (Wildman–Crippen MR) is 81.3 cm³/mol. The van der Waals surface area contributed by atoms with Gasteiger partial charge in [0.25, 0.3) is 0 Å². The molecule has 0 bridgehead atoms. The topological polar surface area (TPSA) is 72.7 Å². The van der Waals surface area contributed by atoms with E-state index in [1.54, 1.807) is 19.9 Å². The highest BCUT2D eigenvalue weighted by Gasteiger charge is 2.23. The summed E-state index contributed by atoms with van der Waals surface area (Å²) in [7, 11) is 0. The van der Waals surface area contributed by atoms with Crippen LogP contribution in [0, 0.1) is 10.1 Å². The molecule has 2 atom stereocenters. The lowest BCUT2D eigenvalue weighted by Gasteiger charge is -2.24. The van der Waals surface area contributed by atoms with Crippen LogP contribution in [0.2, 0.25) is 0 Å². The van der Waals surface area contributed by atoms with Gasteiger partial charge in [-0.1, -0.05) is 12.1 Å². The maximum absolute atomic E-state index is 12.1. The zero-order chi connectivity index (χ0) is 16.0. The molecule has 21 heavy (non-hydrogen) atoms. The third-order valence-electron chi connectivity index (χ3n) is 2.46. The molecule has 0 fully saturated rings. The quantitative estimate of drug-likeness (QED) is 0.452. The number of hydrogen-bond acceptors (Lipinski definition) is 4. The fourth-order valence-electron chi connectivity index (χ4n) is 1.68. The molecule has 1 rings (SSSR count). The third kappa shape index (κ3) is 5.77. The minimum absolute atomic E-state index is 0.109. The number of benzene rings is 1. The molecule has 0 saturated heterocycles. The van der Waals surface area contributed by atoms with Gasteiger partial charge in [-0.3, -0.25) is 10.1 Å². The number of nitrogens with zero attached hydrogens (tertiary/aromatic N) is 2. The minimum atomic E-state index is -0.718. The van der Waals surface area contributed by atoms with Crippen molar-refractivity contribution in [1.82, 2.24) is 4.90 Å². The molecule has 1 aromatic rings. The smallest absolute Gasteiger partial charge is 0.403 e. The molecule has 0 N–H and O–H groups in total. The summed E-state index contributed by atoms with van der Waals surface area (Å²) in [5, 5.41) is 10.3. The third-order valence-corrected chi connectivity index (χ3v) is 2.74. The maximum atomic E-state index is 12.1. The first-order chi connectivity index (χ1) is 9.81. The van der Waals surface area contributed by atoms with E-state index in [-0.39, 0.29) is 35.3 Å². The summed E-state index contributed by atoms with van der Waals surface area (Å²) in [6, 6.07) is 5.67. The van der Waals surface area contributed by atoms with Gasteiger partial charge in [-0.2, -0.15) is 0 Å². The Hall–Kier alpha value is -1.53. The molecule has 1 amide bonds. The Kier molecular flexibility index (Phi) is 6.71. The van der Waals surface area contributed by atoms with Gasteiger partial charge in [-0.15, -0.1) is 23.2 Å². The van der Waals surface area contributed by atoms with Crippen LogP contribution in [0.1, 0.15) is 13.8 Å². The summed E-state index contributed by atoms with van der Waals surface area (Å²) in [6.07, 6.45) is -0.718. The van der Waals surface area contributed by atoms with Crippen molar-refractivity contribution in [2.75, 3.05) is 13.1 Å². The molecule has 0 saturated carbocycles. The number of carbonyl (C=O) groups is 1. The lowest BCUT2D eigenvalue weighted by Crippen LogP contribution is -2.40. The Balaban J connectivity index is 2.88. The van der Waals surface area contributed by atoms with Gasteiger partial charge in [0.1, 0.15) is 0 Å². The Morgan fingerprint density at radius 3 is 2.29 bits per heavy atom. The van der Waals surface area contributed by atoms with Crippen LogP contribution in [-0.4, -0.2) is 39.8 Å². The molecule has 8 heteroatoms. The molecule has 0 radical (unpaired) electrons. The summed E-state index contributed by atoms with van der Waals surface area (Å²) >= 11 is 11.8. The number of para-hydroxylation sites is 2. The SMILES string of the molecule is C[C@@H](Cl)CN(C[C@@H](C)Cl)C(=O)Oc1ccccc1[N+](=O)[O-]. The van der Waals surface area contributed by atoms with Crippen LogP contribution >= 0.6 is 23.2 Å². The average molecular weight is 335 g/mol. The fraction of sp³-hybridized carbons (Fsp3) is 0.462. The lowest BCUT2D eigenvalue weighted by molar-refractivity contribution is -0.385. The van der Waals surface area contributed by atoms with Gasteiger partial charge in [0, 0.05) is 29.9 Å². The molecule has 6 nitrogen and oxygen atoms in total. The van der Waals surface area contributed by atoms with Gasteiger partial charge < -0.3 is 9.64 Å². The largest absolute Gasteiger partial charge is 0.415 e. The summed E-state index contributed by atoms with van der Waals surface area (Å²) in [5.41, 5.74) is -0.274. The maximum Gasteiger partial charge on any atom is 0.415 e. The van der Waals surface area contributed by atoms with E-state index in [1.807, 2.05) is 0 Å². The Morgan fingerprint density at radius 1 is 1.29 bits per heavy atom. The molecule has 1 aromatic carbocycles. The van der Waals surface area contributed by atoms with E-state index in [0.29, 0.717) is 0 Å². The number of rotatable bonds is 6. The van der Waals surface area contributed by atoms with Crippen LogP contribution in [-0.2, 0) is 0 Å². The number of ether oxygens (including phenoxy) is 1. The zero-order valence-electron chi connectivity index (χ0n) is 11.7. The van der Waals surface area contributed by atoms with Gasteiger partial charge in [-0.25, -0.2) is 4.79 Å². The van der Waals surface area contributed by atoms with Gasteiger partial charge in [0.15, 0.2) is 0 Å². The van der Waals surface area contributed by atoms with Crippen LogP contribution in [0.3, 0.4) is 0 Å². The monoisotopic (exact) mass is 334 g/mol. The molecule has 0 unspecified atom stereocenters. The molecule has 0 aliphatic rings. The van der Waals surface area contributed by atoms with Crippen molar-refractivity contribution in [3.63, 3.8) is 0 Å². The van der Waals surface area contributed by atoms with Crippen LogP contribution in [0.5, 0.6) is 5.75 Å². The van der Waals surface area contributed by atoms with E-state index >= 15 is 0 Å². The highest BCUT2D eigenvalue weighted by molar-refractivity contribution is 6.21. The van der Waals surface area contributed by atoms with E-state index in [1.165, 1.54) is 23.1 Å². The normalized spacial score (nSPS) is 13.3. The molecule has 0 aliphatic heterocycles. The van der Waals surface area contributed by atoms with Crippen LogP contribution in [0.15, 0.2) is 24.3 Å². The van der Waals surface area contributed by atoms with Crippen molar-refractivity contribution < 1.29 is 14.5 Å². The van der Waals surface area contributed by atoms with E-state index in [9.17, 15) is 14.9 Å². The van der Waals surface area contributed by atoms with Gasteiger partial charge in [0.2, 0.25) is 5.75 Å². The van der Waals surface area contributed by atoms with E-state index in [4.69, 9.17) is 27.9 Å². The highest BCUT2D eigenvalue weighted by atomic mass is 35.5. The number of nitro groups is 1. The first-order valence-corrected chi connectivity index (χ1v) is 7.17. The zero-order valence-corrected chi connectivity index (χ0v) is 13.2. The number of nitro benzene ring substituents is 1. The first-order valence-electron chi connectivity index (χ1n) is 6.29. The Bertz CT molecular complexity index is 499.